The Morgan fingerprint density at radius 2 is 2.20 bits per heavy atom. The molecule has 4 nitrogen and oxygen atoms in total. The Morgan fingerprint density at radius 3 is 2.70 bits per heavy atom. The third-order valence-electron chi connectivity index (χ3n) is 1.07. The van der Waals surface area contributed by atoms with E-state index in [0.29, 0.717) is 15.2 Å². The minimum atomic E-state index is 0.368. The Hall–Kier alpha value is -1.58. The van der Waals surface area contributed by atoms with Gasteiger partial charge in [0.2, 0.25) is 5.69 Å². The maximum absolute atomic E-state index is 10.7. The van der Waals surface area contributed by atoms with Crippen molar-refractivity contribution in [2.75, 3.05) is 0 Å². The molecular formula is C6H6N2O2. The van der Waals surface area contributed by atoms with Gasteiger partial charge in [0.15, 0.2) is 6.20 Å². The second kappa shape index (κ2) is 2.34. The summed E-state index contributed by atoms with van der Waals surface area (Å²) in [5.41, 5.74) is 0.368. The molecule has 1 aromatic rings. The topological polar surface area (TPSA) is 53.9 Å². The van der Waals surface area contributed by atoms with E-state index in [2.05, 4.69) is 6.58 Å². The van der Waals surface area contributed by atoms with Gasteiger partial charge in [0.25, 0.3) is 0 Å². The second-order valence-corrected chi connectivity index (χ2v) is 1.75. The first-order valence-electron chi connectivity index (χ1n) is 2.68. The summed E-state index contributed by atoms with van der Waals surface area (Å²) < 4.78 is 0.889. The summed E-state index contributed by atoms with van der Waals surface area (Å²) in [5, 5.41) is 21.1. The van der Waals surface area contributed by atoms with Crippen molar-refractivity contribution in [1.82, 2.24) is 0 Å². The SMILES string of the molecule is C=Cc1cc[n+]([O-])c[n+]1[O-]. The third-order valence-corrected chi connectivity index (χ3v) is 1.07. The molecular weight excluding hydrogens is 132 g/mol. The summed E-state index contributed by atoms with van der Waals surface area (Å²) in [6.45, 7) is 3.39. The van der Waals surface area contributed by atoms with Gasteiger partial charge in [0.05, 0.1) is 6.07 Å². The molecule has 0 atom stereocenters. The number of hydrogen-bond donors (Lipinski definition) is 0. The number of nitrogens with zero attached hydrogens (tertiary/aromatic N) is 2. The molecule has 0 aromatic carbocycles. The molecule has 1 aromatic heterocycles. The van der Waals surface area contributed by atoms with E-state index >= 15 is 0 Å². The lowest BCUT2D eigenvalue weighted by molar-refractivity contribution is -0.746. The molecule has 0 saturated carbocycles. The summed E-state index contributed by atoms with van der Waals surface area (Å²) >= 11 is 0. The number of aromatic nitrogens is 2. The minimum Gasteiger partial charge on any atom is -0.614 e. The van der Waals surface area contributed by atoms with Gasteiger partial charge >= 0.3 is 6.33 Å². The Morgan fingerprint density at radius 1 is 1.50 bits per heavy atom. The van der Waals surface area contributed by atoms with E-state index in [-0.39, 0.29) is 0 Å². The van der Waals surface area contributed by atoms with Crippen molar-refractivity contribution in [2.45, 2.75) is 0 Å². The molecule has 0 saturated heterocycles. The first-order chi connectivity index (χ1) is 4.74. The summed E-state index contributed by atoms with van der Waals surface area (Å²) in [6.07, 6.45) is 3.51. The first kappa shape index (κ1) is 6.54. The average Bonchev–Trinajstić information content (AvgIpc) is 1.88. The number of rotatable bonds is 1. The lowest BCUT2D eigenvalue weighted by Gasteiger charge is -1.97. The van der Waals surface area contributed by atoms with Crippen molar-refractivity contribution in [1.29, 1.82) is 0 Å². The van der Waals surface area contributed by atoms with Crippen LogP contribution in [-0.2, 0) is 0 Å². The van der Waals surface area contributed by atoms with Crippen molar-refractivity contribution in [2.24, 2.45) is 0 Å². The molecule has 1 rings (SSSR count). The van der Waals surface area contributed by atoms with Crippen LogP contribution < -0.4 is 9.46 Å². The Kier molecular flexibility index (Phi) is 1.53. The lowest BCUT2D eigenvalue weighted by atomic mass is 10.4. The van der Waals surface area contributed by atoms with Crippen LogP contribution in [0.3, 0.4) is 0 Å². The van der Waals surface area contributed by atoms with Crippen molar-refractivity contribution in [3.8, 4) is 0 Å². The van der Waals surface area contributed by atoms with Crippen LogP contribution >= 0.6 is 0 Å². The molecule has 0 unspecified atom stereocenters. The highest BCUT2D eigenvalue weighted by Crippen LogP contribution is 1.86. The quantitative estimate of drug-likeness (QED) is 0.391. The van der Waals surface area contributed by atoms with Gasteiger partial charge in [-0.1, -0.05) is 6.58 Å². The summed E-state index contributed by atoms with van der Waals surface area (Å²) in [4.78, 5) is 0. The highest BCUT2D eigenvalue weighted by molar-refractivity contribution is 5.36. The molecule has 10 heavy (non-hydrogen) atoms. The monoisotopic (exact) mass is 138 g/mol. The van der Waals surface area contributed by atoms with E-state index in [1.165, 1.54) is 18.3 Å². The predicted octanol–water partition coefficient (Wildman–Crippen LogP) is -0.404. The smallest absolute Gasteiger partial charge is 0.430 e. The van der Waals surface area contributed by atoms with Gasteiger partial charge in [-0.15, -0.1) is 9.46 Å². The highest BCUT2D eigenvalue weighted by atomic mass is 16.5. The van der Waals surface area contributed by atoms with E-state index in [1.807, 2.05) is 0 Å². The van der Waals surface area contributed by atoms with Crippen LogP contribution in [0, 0.1) is 10.4 Å². The fraction of sp³-hybridized carbons (Fsp3) is 0. The fourth-order valence-electron chi connectivity index (χ4n) is 0.590. The van der Waals surface area contributed by atoms with Crippen molar-refractivity contribution in [3.05, 3.63) is 41.3 Å². The lowest BCUT2D eigenvalue weighted by Crippen LogP contribution is -2.41. The highest BCUT2D eigenvalue weighted by Gasteiger charge is 2.01. The molecule has 0 bridgehead atoms. The van der Waals surface area contributed by atoms with Gasteiger partial charge in [0, 0.05) is 6.08 Å². The van der Waals surface area contributed by atoms with E-state index in [9.17, 15) is 10.4 Å². The maximum Gasteiger partial charge on any atom is 0.430 e. The molecule has 0 radical (unpaired) electrons. The summed E-state index contributed by atoms with van der Waals surface area (Å²) in [6, 6.07) is 1.40. The van der Waals surface area contributed by atoms with Crippen LogP contribution in [0.5, 0.6) is 0 Å². The normalized spacial score (nSPS) is 9.20. The van der Waals surface area contributed by atoms with Crippen LogP contribution in [0.15, 0.2) is 25.2 Å². The van der Waals surface area contributed by atoms with Crippen molar-refractivity contribution >= 4 is 6.08 Å². The fourth-order valence-corrected chi connectivity index (χ4v) is 0.590. The average molecular weight is 138 g/mol. The number of hydrogen-bond acceptors (Lipinski definition) is 2. The standard InChI is InChI=1S/C6H6N2O2/c1-2-6-3-4-7(9)5-8(6)10/h2-5H,1H2. The zero-order valence-corrected chi connectivity index (χ0v) is 5.23. The van der Waals surface area contributed by atoms with Crippen molar-refractivity contribution < 1.29 is 9.46 Å². The minimum absolute atomic E-state index is 0.368. The van der Waals surface area contributed by atoms with Gasteiger partial charge in [-0.25, -0.2) is 0 Å². The van der Waals surface area contributed by atoms with Gasteiger partial charge in [-0.3, -0.25) is 0 Å². The molecule has 1 heterocycles. The summed E-state index contributed by atoms with van der Waals surface area (Å²) in [5.74, 6) is 0. The molecule has 0 aliphatic carbocycles. The van der Waals surface area contributed by atoms with Crippen LogP contribution in [0.1, 0.15) is 5.69 Å². The molecule has 0 aliphatic rings. The zero-order valence-electron chi connectivity index (χ0n) is 5.23. The van der Waals surface area contributed by atoms with Crippen molar-refractivity contribution in [3.63, 3.8) is 0 Å². The molecule has 52 valence electrons. The Balaban J connectivity index is 3.19. The van der Waals surface area contributed by atoms with Crippen LogP contribution in [0.25, 0.3) is 6.08 Å². The molecule has 0 N–H and O–H groups in total. The van der Waals surface area contributed by atoms with E-state index in [1.54, 1.807) is 0 Å². The van der Waals surface area contributed by atoms with E-state index in [0.717, 1.165) is 6.33 Å². The van der Waals surface area contributed by atoms with Crippen LogP contribution in [0.2, 0.25) is 0 Å². The summed E-state index contributed by atoms with van der Waals surface area (Å²) in [7, 11) is 0. The van der Waals surface area contributed by atoms with Crippen LogP contribution in [-0.4, -0.2) is 0 Å². The van der Waals surface area contributed by atoms with Crippen LogP contribution in [0.4, 0.5) is 0 Å². The van der Waals surface area contributed by atoms with E-state index in [4.69, 9.17) is 0 Å². The Labute approximate surface area is 57.8 Å². The molecule has 4 heteroatoms. The van der Waals surface area contributed by atoms with Gasteiger partial charge in [-0.05, 0) is 0 Å². The largest absolute Gasteiger partial charge is 0.614 e. The molecule has 0 aliphatic heterocycles. The zero-order chi connectivity index (χ0) is 7.56. The molecule has 0 spiro atoms. The predicted molar refractivity (Wildman–Crippen MR) is 34.5 cm³/mol. The third kappa shape index (κ3) is 1.05. The second-order valence-electron chi connectivity index (χ2n) is 1.75. The van der Waals surface area contributed by atoms with Gasteiger partial charge in [-0.2, -0.15) is 0 Å². The maximum atomic E-state index is 10.7. The first-order valence-corrected chi connectivity index (χ1v) is 2.68. The molecule has 0 fully saturated rings. The molecule has 0 amide bonds. The van der Waals surface area contributed by atoms with E-state index < -0.39 is 0 Å². The van der Waals surface area contributed by atoms with Gasteiger partial charge in [0.1, 0.15) is 0 Å². The van der Waals surface area contributed by atoms with Gasteiger partial charge < -0.3 is 10.4 Å². The Bertz CT molecular complexity index is 260.